The van der Waals surface area contributed by atoms with Gasteiger partial charge in [-0.25, -0.2) is 0 Å². The maximum absolute atomic E-state index is 11.8. The molecule has 4 nitrogen and oxygen atoms in total. The van der Waals surface area contributed by atoms with Gasteiger partial charge in [-0.15, -0.1) is 0 Å². The van der Waals surface area contributed by atoms with Crippen molar-refractivity contribution in [1.82, 2.24) is 5.32 Å². The Labute approximate surface area is 107 Å². The molecule has 1 saturated carbocycles. The highest BCUT2D eigenvalue weighted by Crippen LogP contribution is 2.25. The Morgan fingerprint density at radius 3 is 2.61 bits per heavy atom. The summed E-state index contributed by atoms with van der Waals surface area (Å²) in [5.41, 5.74) is 0.979. The monoisotopic (exact) mass is 249 g/mol. The Balaban J connectivity index is 1.82. The van der Waals surface area contributed by atoms with Crippen LogP contribution in [0.25, 0.3) is 0 Å². The molecule has 18 heavy (non-hydrogen) atoms. The van der Waals surface area contributed by atoms with Crippen LogP contribution >= 0.6 is 0 Å². The zero-order valence-electron chi connectivity index (χ0n) is 10.2. The van der Waals surface area contributed by atoms with Crippen LogP contribution in [0.3, 0.4) is 0 Å². The highest BCUT2D eigenvalue weighted by atomic mass is 16.3. The summed E-state index contributed by atoms with van der Waals surface area (Å²) in [6, 6.07) is 9.54. The number of aliphatic hydroxyl groups is 2. The molecule has 0 aromatic heterocycles. The van der Waals surface area contributed by atoms with E-state index in [0.717, 1.165) is 5.56 Å². The summed E-state index contributed by atoms with van der Waals surface area (Å²) in [4.78, 5) is 11.8. The number of amides is 1. The maximum atomic E-state index is 11.8. The third kappa shape index (κ3) is 3.31. The molecule has 0 unspecified atom stereocenters. The zero-order valence-corrected chi connectivity index (χ0v) is 10.2. The molecule has 1 aliphatic carbocycles. The summed E-state index contributed by atoms with van der Waals surface area (Å²) in [6.45, 7) is -0.0216. The summed E-state index contributed by atoms with van der Waals surface area (Å²) in [5, 5.41) is 21.6. The number of carbonyl (C=O) groups excluding carboxylic acids is 1. The van der Waals surface area contributed by atoms with E-state index in [4.69, 9.17) is 5.11 Å². The molecule has 1 aromatic carbocycles. The van der Waals surface area contributed by atoms with E-state index in [1.807, 2.05) is 30.3 Å². The minimum atomic E-state index is -0.503. The van der Waals surface area contributed by atoms with Gasteiger partial charge in [-0.05, 0) is 18.4 Å². The van der Waals surface area contributed by atoms with Gasteiger partial charge in [0.05, 0.1) is 12.5 Å². The lowest BCUT2D eigenvalue weighted by Gasteiger charge is -2.12. The predicted octanol–water partition coefficient (Wildman–Crippen LogP) is 0.477. The fourth-order valence-electron chi connectivity index (χ4n) is 2.48. The Morgan fingerprint density at radius 1 is 1.28 bits per heavy atom. The Morgan fingerprint density at radius 2 is 2.00 bits per heavy atom. The fraction of sp³-hybridized carbons (Fsp3) is 0.500. The van der Waals surface area contributed by atoms with Crippen LogP contribution in [0.2, 0.25) is 0 Å². The quantitative estimate of drug-likeness (QED) is 0.727. The number of aliphatic hydroxyl groups excluding tert-OH is 2. The average Bonchev–Trinajstić information content (AvgIpc) is 2.70. The second-order valence-electron chi connectivity index (χ2n) is 4.91. The van der Waals surface area contributed by atoms with Gasteiger partial charge < -0.3 is 15.5 Å². The van der Waals surface area contributed by atoms with Gasteiger partial charge in [0.25, 0.3) is 0 Å². The molecule has 0 radical (unpaired) electrons. The first-order chi connectivity index (χ1) is 8.69. The van der Waals surface area contributed by atoms with Gasteiger partial charge in [-0.1, -0.05) is 30.3 Å². The molecule has 0 heterocycles. The van der Waals surface area contributed by atoms with Crippen molar-refractivity contribution < 1.29 is 15.0 Å². The van der Waals surface area contributed by atoms with Gasteiger partial charge in [0.2, 0.25) is 5.91 Å². The molecule has 1 aliphatic rings. The van der Waals surface area contributed by atoms with Crippen molar-refractivity contribution in [3.05, 3.63) is 35.9 Å². The first-order valence-corrected chi connectivity index (χ1v) is 6.31. The molecular weight excluding hydrogens is 230 g/mol. The minimum absolute atomic E-state index is 0.0200. The molecule has 0 spiro atoms. The van der Waals surface area contributed by atoms with Crippen LogP contribution in [0.1, 0.15) is 18.4 Å². The Kier molecular flexibility index (Phi) is 4.33. The summed E-state index contributed by atoms with van der Waals surface area (Å²) >= 11 is 0. The first kappa shape index (κ1) is 13.1. The van der Waals surface area contributed by atoms with Crippen molar-refractivity contribution in [2.75, 3.05) is 6.61 Å². The number of rotatable bonds is 4. The third-order valence-corrected chi connectivity index (χ3v) is 3.46. The van der Waals surface area contributed by atoms with Crippen LogP contribution in [-0.4, -0.2) is 34.9 Å². The van der Waals surface area contributed by atoms with Crippen LogP contribution in [0.5, 0.6) is 0 Å². The highest BCUT2D eigenvalue weighted by molar-refractivity contribution is 5.78. The molecule has 98 valence electrons. The van der Waals surface area contributed by atoms with E-state index in [1.165, 1.54) is 0 Å². The molecule has 0 bridgehead atoms. The normalized spacial score (nSPS) is 27.1. The fourth-order valence-corrected chi connectivity index (χ4v) is 2.48. The second-order valence-corrected chi connectivity index (χ2v) is 4.91. The van der Waals surface area contributed by atoms with Crippen molar-refractivity contribution in [3.63, 3.8) is 0 Å². The van der Waals surface area contributed by atoms with Gasteiger partial charge in [0.15, 0.2) is 0 Å². The second kappa shape index (κ2) is 5.98. The summed E-state index contributed by atoms with van der Waals surface area (Å²) in [6.07, 6.45) is 1.04. The van der Waals surface area contributed by atoms with E-state index in [2.05, 4.69) is 5.32 Å². The van der Waals surface area contributed by atoms with Crippen molar-refractivity contribution in [3.8, 4) is 0 Å². The maximum Gasteiger partial charge on any atom is 0.224 e. The molecule has 3 N–H and O–H groups in total. The van der Waals surface area contributed by atoms with Crippen LogP contribution < -0.4 is 5.32 Å². The largest absolute Gasteiger partial charge is 0.396 e. The Bertz CT molecular complexity index is 393. The molecule has 1 amide bonds. The zero-order chi connectivity index (χ0) is 13.0. The molecule has 3 atom stereocenters. The van der Waals surface area contributed by atoms with Crippen molar-refractivity contribution >= 4 is 5.91 Å². The van der Waals surface area contributed by atoms with Crippen molar-refractivity contribution in [1.29, 1.82) is 0 Å². The molecular formula is C14H19NO3. The lowest BCUT2D eigenvalue weighted by Crippen LogP contribution is -2.34. The van der Waals surface area contributed by atoms with Crippen molar-refractivity contribution in [2.24, 2.45) is 5.92 Å². The summed E-state index contributed by atoms with van der Waals surface area (Å²) in [7, 11) is 0. The van der Waals surface area contributed by atoms with Gasteiger partial charge in [0, 0.05) is 18.6 Å². The van der Waals surface area contributed by atoms with Crippen LogP contribution in [0, 0.1) is 5.92 Å². The summed E-state index contributed by atoms with van der Waals surface area (Å²) < 4.78 is 0. The highest BCUT2D eigenvalue weighted by Gasteiger charge is 2.33. The van der Waals surface area contributed by atoms with E-state index in [9.17, 15) is 9.90 Å². The first-order valence-electron chi connectivity index (χ1n) is 6.31. The Hall–Kier alpha value is -1.39. The van der Waals surface area contributed by atoms with Crippen LogP contribution in [0.4, 0.5) is 0 Å². The number of hydrogen-bond donors (Lipinski definition) is 3. The predicted molar refractivity (Wildman–Crippen MR) is 67.9 cm³/mol. The lowest BCUT2D eigenvalue weighted by molar-refractivity contribution is -0.121. The topological polar surface area (TPSA) is 69.6 Å². The molecule has 0 aliphatic heterocycles. The third-order valence-electron chi connectivity index (χ3n) is 3.46. The van der Waals surface area contributed by atoms with Crippen LogP contribution in [0.15, 0.2) is 30.3 Å². The van der Waals surface area contributed by atoms with E-state index in [1.54, 1.807) is 0 Å². The minimum Gasteiger partial charge on any atom is -0.396 e. The molecule has 1 fully saturated rings. The van der Waals surface area contributed by atoms with E-state index >= 15 is 0 Å². The van der Waals surface area contributed by atoms with Gasteiger partial charge in [0.1, 0.15) is 0 Å². The number of hydrogen-bond acceptors (Lipinski definition) is 3. The standard InChI is InChI=1S/C14H19NO3/c16-9-11-7-12(8-13(11)17)15-14(18)6-10-4-2-1-3-5-10/h1-5,11-13,16-17H,6-9H2,(H,15,18)/t11-,12+,13+/m0/s1. The van der Waals surface area contributed by atoms with Gasteiger partial charge >= 0.3 is 0 Å². The van der Waals surface area contributed by atoms with E-state index in [0.29, 0.717) is 19.3 Å². The number of nitrogens with one attached hydrogen (secondary N) is 1. The number of benzene rings is 1. The molecule has 4 heteroatoms. The molecule has 1 aromatic rings. The SMILES string of the molecule is O=C(Cc1ccccc1)N[C@@H]1C[C@@H](CO)[C@H](O)C1. The van der Waals surface area contributed by atoms with Gasteiger partial charge in [-0.2, -0.15) is 0 Å². The number of carbonyl (C=O) groups is 1. The van der Waals surface area contributed by atoms with E-state index < -0.39 is 6.10 Å². The van der Waals surface area contributed by atoms with E-state index in [-0.39, 0.29) is 24.5 Å². The lowest BCUT2D eigenvalue weighted by atomic mass is 10.1. The summed E-state index contributed by atoms with van der Waals surface area (Å²) in [5.74, 6) is -0.135. The van der Waals surface area contributed by atoms with Crippen LogP contribution in [-0.2, 0) is 11.2 Å². The van der Waals surface area contributed by atoms with Gasteiger partial charge in [-0.3, -0.25) is 4.79 Å². The molecule has 2 rings (SSSR count). The smallest absolute Gasteiger partial charge is 0.224 e. The average molecular weight is 249 g/mol. The molecule has 0 saturated heterocycles. The van der Waals surface area contributed by atoms with Crippen molar-refractivity contribution in [2.45, 2.75) is 31.4 Å².